The van der Waals surface area contributed by atoms with Crippen LogP contribution < -0.4 is 26.0 Å². The number of anilines is 3. The minimum absolute atomic E-state index is 0.0479. The zero-order valence-corrected chi connectivity index (χ0v) is 19.2. The van der Waals surface area contributed by atoms with Crippen molar-refractivity contribution < 1.29 is 22.8 Å². The molecule has 2 aliphatic heterocycles. The lowest BCUT2D eigenvalue weighted by atomic mass is 10.1. The summed E-state index contributed by atoms with van der Waals surface area (Å²) in [6.07, 6.45) is -2.42. The van der Waals surface area contributed by atoms with Crippen molar-refractivity contribution in [3.05, 3.63) is 44.9 Å². The maximum absolute atomic E-state index is 13.2. The Kier molecular flexibility index (Phi) is 5.85. The first-order valence-corrected chi connectivity index (χ1v) is 10.8. The Morgan fingerprint density at radius 3 is 2.73 bits per heavy atom. The molecule has 9 nitrogen and oxygen atoms in total. The third-order valence-corrected chi connectivity index (χ3v) is 6.07. The molecule has 176 valence electrons. The summed E-state index contributed by atoms with van der Waals surface area (Å²) in [4.78, 5) is 45.6. The van der Waals surface area contributed by atoms with Crippen LogP contribution in [0.2, 0.25) is 0 Å². The SMILES string of the molecule is C[C@@H](NC(=O)c1ccc2c(n1)N(C(=O)Nc1cc(Br)cn(C)c1=O)C1CCN2C1)C(F)(F)F. The molecule has 4 rings (SSSR count). The normalized spacial score (nSPS) is 18.1. The third-order valence-electron chi connectivity index (χ3n) is 5.63. The summed E-state index contributed by atoms with van der Waals surface area (Å²) in [6, 6.07) is 1.42. The molecule has 0 aliphatic carbocycles. The van der Waals surface area contributed by atoms with Crippen LogP contribution in [0.3, 0.4) is 0 Å². The van der Waals surface area contributed by atoms with Crippen LogP contribution in [0.15, 0.2) is 33.7 Å². The van der Waals surface area contributed by atoms with Crippen LogP contribution in [0.1, 0.15) is 23.8 Å². The Labute approximate surface area is 194 Å². The van der Waals surface area contributed by atoms with Gasteiger partial charge in [-0.05, 0) is 47.5 Å². The van der Waals surface area contributed by atoms with Crippen LogP contribution in [0.5, 0.6) is 0 Å². The maximum Gasteiger partial charge on any atom is 0.408 e. The van der Waals surface area contributed by atoms with E-state index in [1.54, 1.807) is 19.3 Å². The smallest absolute Gasteiger partial charge is 0.366 e. The van der Waals surface area contributed by atoms with E-state index in [1.807, 2.05) is 10.2 Å². The largest absolute Gasteiger partial charge is 0.408 e. The molecule has 13 heteroatoms. The van der Waals surface area contributed by atoms with Crippen LogP contribution in [0, 0.1) is 0 Å². The Bertz CT molecular complexity index is 1180. The van der Waals surface area contributed by atoms with Gasteiger partial charge < -0.3 is 20.1 Å². The molecule has 2 aliphatic rings. The minimum Gasteiger partial charge on any atom is -0.366 e. The summed E-state index contributed by atoms with van der Waals surface area (Å²) in [6.45, 7) is 2.02. The third kappa shape index (κ3) is 4.41. The van der Waals surface area contributed by atoms with Crippen molar-refractivity contribution in [3.8, 4) is 0 Å². The summed E-state index contributed by atoms with van der Waals surface area (Å²) < 4.78 is 40.4. The fourth-order valence-corrected chi connectivity index (χ4v) is 4.42. The minimum atomic E-state index is -4.60. The maximum atomic E-state index is 13.2. The molecule has 2 N–H and O–H groups in total. The van der Waals surface area contributed by atoms with Gasteiger partial charge in [-0.1, -0.05) is 0 Å². The number of alkyl halides is 3. The zero-order valence-electron chi connectivity index (χ0n) is 17.6. The highest BCUT2D eigenvalue weighted by Gasteiger charge is 2.41. The summed E-state index contributed by atoms with van der Waals surface area (Å²) in [5, 5.41) is 4.48. The second-order valence-electron chi connectivity index (χ2n) is 7.95. The summed E-state index contributed by atoms with van der Waals surface area (Å²) >= 11 is 3.28. The predicted molar refractivity (Wildman–Crippen MR) is 119 cm³/mol. The molecule has 2 bridgehead atoms. The highest BCUT2D eigenvalue weighted by atomic mass is 79.9. The standard InChI is InChI=1S/C20H20BrF3N6O3/c1-10(20(22,23)24)25-17(31)13-3-4-15-16(26-13)30(12-5-6-29(15)9-12)19(33)27-14-7-11(21)8-28(2)18(14)32/h3-4,7-8,10,12H,5-6,9H2,1-2H3,(H,25,31)(H,27,33)/t10-,12?/m1/s1. The number of pyridine rings is 2. The van der Waals surface area contributed by atoms with E-state index in [9.17, 15) is 27.6 Å². The van der Waals surface area contributed by atoms with Gasteiger partial charge >= 0.3 is 12.2 Å². The van der Waals surface area contributed by atoms with Gasteiger partial charge in [-0.25, -0.2) is 9.78 Å². The summed E-state index contributed by atoms with van der Waals surface area (Å²) in [5.41, 5.74) is -0.0317. The van der Waals surface area contributed by atoms with Crippen LogP contribution in [0.25, 0.3) is 0 Å². The van der Waals surface area contributed by atoms with E-state index in [4.69, 9.17) is 0 Å². The van der Waals surface area contributed by atoms with Gasteiger partial charge in [0.2, 0.25) is 0 Å². The molecule has 1 fully saturated rings. The van der Waals surface area contributed by atoms with Gasteiger partial charge in [-0.2, -0.15) is 13.2 Å². The first-order valence-electron chi connectivity index (χ1n) is 10.1. The number of nitrogens with one attached hydrogen (secondary N) is 2. The van der Waals surface area contributed by atoms with E-state index in [0.717, 1.165) is 6.92 Å². The summed E-state index contributed by atoms with van der Waals surface area (Å²) in [7, 11) is 1.54. The molecular formula is C20H20BrF3N6O3. The Balaban J connectivity index is 1.66. The Morgan fingerprint density at radius 2 is 2.03 bits per heavy atom. The van der Waals surface area contributed by atoms with Gasteiger partial charge in [-0.3, -0.25) is 14.5 Å². The lowest BCUT2D eigenvalue weighted by Crippen LogP contribution is -2.49. The van der Waals surface area contributed by atoms with Gasteiger partial charge in [-0.15, -0.1) is 0 Å². The monoisotopic (exact) mass is 528 g/mol. The van der Waals surface area contributed by atoms with Crippen molar-refractivity contribution in [2.24, 2.45) is 7.05 Å². The Morgan fingerprint density at radius 1 is 1.30 bits per heavy atom. The van der Waals surface area contributed by atoms with Crippen molar-refractivity contribution in [3.63, 3.8) is 0 Å². The molecule has 1 saturated heterocycles. The van der Waals surface area contributed by atoms with Crippen LogP contribution >= 0.6 is 15.9 Å². The number of hydrogen-bond donors (Lipinski definition) is 2. The average molecular weight is 529 g/mol. The molecule has 1 unspecified atom stereocenters. The van der Waals surface area contributed by atoms with Crippen LogP contribution in [-0.4, -0.2) is 52.8 Å². The van der Waals surface area contributed by atoms with Gasteiger partial charge in [0, 0.05) is 30.8 Å². The molecule has 2 aromatic rings. The lowest BCUT2D eigenvalue weighted by molar-refractivity contribution is -0.149. The summed E-state index contributed by atoms with van der Waals surface area (Å²) in [5.74, 6) is -0.850. The van der Waals surface area contributed by atoms with Gasteiger partial charge in [0.05, 0.1) is 11.7 Å². The topological polar surface area (TPSA) is 99.6 Å². The second-order valence-corrected chi connectivity index (χ2v) is 8.87. The van der Waals surface area contributed by atoms with Gasteiger partial charge in [0.25, 0.3) is 11.5 Å². The first kappa shape index (κ1) is 23.1. The number of aryl methyl sites for hydroxylation is 1. The molecule has 3 amide bonds. The molecule has 0 aromatic carbocycles. The van der Waals surface area contributed by atoms with Gasteiger partial charge in [0.1, 0.15) is 17.4 Å². The number of urea groups is 1. The van der Waals surface area contributed by atoms with Crippen molar-refractivity contribution in [1.29, 1.82) is 0 Å². The molecule has 33 heavy (non-hydrogen) atoms. The highest BCUT2D eigenvalue weighted by molar-refractivity contribution is 9.10. The van der Waals surface area contributed by atoms with E-state index in [0.29, 0.717) is 29.7 Å². The molecular weight excluding hydrogens is 509 g/mol. The number of hydrogen-bond acceptors (Lipinski definition) is 5. The number of aromatic nitrogens is 2. The number of halogens is 4. The van der Waals surface area contributed by atoms with Crippen LogP contribution in [0.4, 0.5) is 35.2 Å². The number of carbonyl (C=O) groups is 2. The fraction of sp³-hybridized carbons (Fsp3) is 0.400. The average Bonchev–Trinajstić information content (AvgIpc) is 3.14. The van der Waals surface area contributed by atoms with Crippen molar-refractivity contribution in [1.82, 2.24) is 14.9 Å². The van der Waals surface area contributed by atoms with E-state index in [1.165, 1.54) is 21.6 Å². The number of rotatable bonds is 3. The highest BCUT2D eigenvalue weighted by Crippen LogP contribution is 2.39. The molecule has 0 radical (unpaired) electrons. The first-order chi connectivity index (χ1) is 15.5. The van der Waals surface area contributed by atoms with E-state index in [-0.39, 0.29) is 23.2 Å². The van der Waals surface area contributed by atoms with Crippen molar-refractivity contribution in [2.45, 2.75) is 31.6 Å². The fourth-order valence-electron chi connectivity index (χ4n) is 3.89. The lowest BCUT2D eigenvalue weighted by Gasteiger charge is -2.35. The van der Waals surface area contributed by atoms with Crippen molar-refractivity contribution in [2.75, 3.05) is 28.2 Å². The zero-order chi connectivity index (χ0) is 24.1. The van der Waals surface area contributed by atoms with Gasteiger partial charge in [0.15, 0.2) is 5.82 Å². The molecule has 4 heterocycles. The Hall–Kier alpha value is -3.09. The number of carbonyl (C=O) groups excluding carboxylic acids is 2. The molecule has 2 aromatic heterocycles. The molecule has 2 atom stereocenters. The van der Waals surface area contributed by atoms with E-state index < -0.39 is 29.7 Å². The quantitative estimate of drug-likeness (QED) is 0.638. The predicted octanol–water partition coefficient (Wildman–Crippen LogP) is 2.85. The van der Waals surface area contributed by atoms with E-state index in [2.05, 4.69) is 26.2 Å². The van der Waals surface area contributed by atoms with Crippen LogP contribution in [-0.2, 0) is 7.05 Å². The number of fused-ring (bicyclic) bond motifs is 4. The van der Waals surface area contributed by atoms with E-state index >= 15 is 0 Å². The molecule has 0 spiro atoms. The number of nitrogens with zero attached hydrogens (tertiary/aromatic N) is 4. The molecule has 0 saturated carbocycles. The second kappa shape index (κ2) is 8.36. The van der Waals surface area contributed by atoms with Crippen molar-refractivity contribution >= 4 is 45.1 Å². The number of amides is 3.